The Morgan fingerprint density at radius 3 is 2.35 bits per heavy atom. The summed E-state index contributed by atoms with van der Waals surface area (Å²) in [6, 6.07) is 14.9. The van der Waals surface area contributed by atoms with Crippen LogP contribution in [0.25, 0.3) is 6.08 Å². The quantitative estimate of drug-likeness (QED) is 0.407. The summed E-state index contributed by atoms with van der Waals surface area (Å²) >= 11 is 12.4. The zero-order valence-electron chi connectivity index (χ0n) is 16.5. The van der Waals surface area contributed by atoms with Gasteiger partial charge in [-0.3, -0.25) is 4.79 Å². The first-order valence-corrected chi connectivity index (χ1v) is 9.96. The number of aromatic carboxylic acids is 1. The molecule has 0 bridgehead atoms. The number of aromatic hydroxyl groups is 1. The predicted octanol–water partition coefficient (Wildman–Crippen LogP) is 5.06. The number of carboxylic acid groups (broad SMARTS) is 1. The molecule has 0 unspecified atom stereocenters. The molecule has 0 saturated heterocycles. The number of allylic oxidation sites excluding steroid dienone is 1. The molecule has 0 amide bonds. The van der Waals surface area contributed by atoms with E-state index < -0.39 is 5.97 Å². The predicted molar refractivity (Wildman–Crippen MR) is 119 cm³/mol. The Labute approximate surface area is 222 Å². The minimum Gasteiger partial charge on any atom is -0.508 e. The van der Waals surface area contributed by atoms with E-state index in [1.165, 1.54) is 22.8 Å². The molecular weight excluding hydrogens is 566 g/mol. The Hall–Kier alpha value is -1.66. The average Bonchev–Trinajstić information content (AvgIpc) is 2.71. The van der Waals surface area contributed by atoms with Gasteiger partial charge in [0.1, 0.15) is 10.8 Å². The van der Waals surface area contributed by atoms with Crippen molar-refractivity contribution in [3.8, 4) is 5.75 Å². The second kappa shape index (κ2) is 11.8. The molecule has 0 aliphatic rings. The summed E-state index contributed by atoms with van der Waals surface area (Å²) in [6.07, 6.45) is 4.68. The summed E-state index contributed by atoms with van der Waals surface area (Å²) in [5.74, 6) is -0.796. The second-order valence-electron chi connectivity index (χ2n) is 6.71. The fraction of sp³-hybridized carbons (Fsp3) is 0.130. The molecule has 0 aliphatic heterocycles. The summed E-state index contributed by atoms with van der Waals surface area (Å²) in [7, 11) is 0. The van der Waals surface area contributed by atoms with E-state index in [-0.39, 0.29) is 63.2 Å². The SMILES string of the molecule is O=C(O)c1ccc(CCn2c(/C=C/Cc3cccc(O)c3)c(Cl)cc(Cl)c2=O)cc1.[Pr]. The van der Waals surface area contributed by atoms with Gasteiger partial charge in [0, 0.05) is 47.8 Å². The Morgan fingerprint density at radius 2 is 1.71 bits per heavy atom. The molecule has 0 spiro atoms. The second-order valence-corrected chi connectivity index (χ2v) is 7.53. The Balaban J connectivity index is 0.00000341. The maximum atomic E-state index is 12.6. The average molecular weight is 585 g/mol. The van der Waals surface area contributed by atoms with Crippen molar-refractivity contribution in [2.24, 2.45) is 0 Å². The van der Waals surface area contributed by atoms with E-state index in [0.29, 0.717) is 30.1 Å². The van der Waals surface area contributed by atoms with Gasteiger partial charge in [0.25, 0.3) is 5.56 Å². The molecule has 2 N–H and O–H groups in total. The van der Waals surface area contributed by atoms with Crippen molar-refractivity contribution in [1.29, 1.82) is 0 Å². The van der Waals surface area contributed by atoms with Crippen molar-refractivity contribution in [2.75, 3.05) is 0 Å². The summed E-state index contributed by atoms with van der Waals surface area (Å²) in [4.78, 5) is 23.6. The molecule has 157 valence electrons. The molecule has 1 aromatic heterocycles. The number of phenols is 1. The van der Waals surface area contributed by atoms with Crippen molar-refractivity contribution < 1.29 is 56.3 Å². The van der Waals surface area contributed by atoms with Crippen molar-refractivity contribution in [2.45, 2.75) is 19.4 Å². The number of carboxylic acids is 1. The monoisotopic (exact) mass is 584 g/mol. The Morgan fingerprint density at radius 1 is 1.00 bits per heavy atom. The van der Waals surface area contributed by atoms with Crippen LogP contribution in [0, 0.1) is 41.3 Å². The van der Waals surface area contributed by atoms with E-state index in [1.807, 2.05) is 12.1 Å². The molecule has 5 nitrogen and oxygen atoms in total. The number of nitrogens with zero attached hydrogens (tertiary/aromatic N) is 1. The van der Waals surface area contributed by atoms with Crippen molar-refractivity contribution in [1.82, 2.24) is 4.57 Å². The smallest absolute Gasteiger partial charge is 0.335 e. The number of pyridine rings is 1. The van der Waals surface area contributed by atoms with Crippen molar-refractivity contribution in [3.63, 3.8) is 0 Å². The van der Waals surface area contributed by atoms with Crippen LogP contribution >= 0.6 is 23.2 Å². The molecular formula is C23H19Cl2NO4Pr. The number of carbonyl (C=O) groups is 1. The first kappa shape index (κ1) is 25.6. The van der Waals surface area contributed by atoms with Gasteiger partial charge in [-0.05, 0) is 60.4 Å². The third-order valence-electron chi connectivity index (χ3n) is 4.60. The largest absolute Gasteiger partial charge is 0.508 e. The topological polar surface area (TPSA) is 79.5 Å². The molecule has 8 heteroatoms. The number of phenolic OH excluding ortho intramolecular Hbond substituents is 1. The van der Waals surface area contributed by atoms with Crippen LogP contribution in [0.3, 0.4) is 0 Å². The molecule has 1 heterocycles. The molecule has 3 rings (SSSR count). The van der Waals surface area contributed by atoms with E-state index in [2.05, 4.69) is 0 Å². The van der Waals surface area contributed by atoms with Gasteiger partial charge in [0.2, 0.25) is 0 Å². The fourth-order valence-corrected chi connectivity index (χ4v) is 3.59. The van der Waals surface area contributed by atoms with Gasteiger partial charge in [0.15, 0.2) is 0 Å². The van der Waals surface area contributed by atoms with Crippen LogP contribution in [0.5, 0.6) is 5.75 Å². The first-order chi connectivity index (χ1) is 14.3. The molecule has 0 atom stereocenters. The van der Waals surface area contributed by atoms with Gasteiger partial charge in [-0.15, -0.1) is 0 Å². The number of aromatic nitrogens is 1. The maximum absolute atomic E-state index is 12.6. The number of benzene rings is 2. The van der Waals surface area contributed by atoms with Crippen LogP contribution in [0.4, 0.5) is 0 Å². The molecule has 3 aromatic rings. The van der Waals surface area contributed by atoms with Gasteiger partial charge >= 0.3 is 5.97 Å². The van der Waals surface area contributed by atoms with Crippen LogP contribution in [0.15, 0.2) is 65.5 Å². The molecule has 0 aliphatic carbocycles. The van der Waals surface area contributed by atoms with Crippen LogP contribution in [-0.4, -0.2) is 20.7 Å². The third kappa shape index (κ3) is 6.91. The van der Waals surface area contributed by atoms with E-state index in [0.717, 1.165) is 11.1 Å². The van der Waals surface area contributed by atoms with Gasteiger partial charge in [-0.1, -0.05) is 53.5 Å². The van der Waals surface area contributed by atoms with Gasteiger partial charge in [-0.25, -0.2) is 4.79 Å². The van der Waals surface area contributed by atoms with Gasteiger partial charge in [0.05, 0.1) is 16.3 Å². The number of rotatable bonds is 7. The van der Waals surface area contributed by atoms with Gasteiger partial charge < -0.3 is 14.8 Å². The summed E-state index contributed by atoms with van der Waals surface area (Å²) in [6.45, 7) is 0.331. The zero-order valence-corrected chi connectivity index (χ0v) is 21.7. The zero-order chi connectivity index (χ0) is 21.7. The van der Waals surface area contributed by atoms with E-state index in [9.17, 15) is 14.7 Å². The molecule has 31 heavy (non-hydrogen) atoms. The summed E-state index contributed by atoms with van der Waals surface area (Å²) in [5.41, 5.74) is 2.20. The van der Waals surface area contributed by atoms with Crippen molar-refractivity contribution >= 4 is 35.2 Å². The molecule has 2 aromatic carbocycles. The van der Waals surface area contributed by atoms with E-state index in [4.69, 9.17) is 28.3 Å². The minimum absolute atomic E-state index is 0. The van der Waals surface area contributed by atoms with Crippen LogP contribution in [0.2, 0.25) is 10.0 Å². The summed E-state index contributed by atoms with van der Waals surface area (Å²) in [5, 5.41) is 19.0. The van der Waals surface area contributed by atoms with E-state index >= 15 is 0 Å². The van der Waals surface area contributed by atoms with Crippen LogP contribution in [0.1, 0.15) is 27.2 Å². The van der Waals surface area contributed by atoms with Crippen LogP contribution < -0.4 is 5.56 Å². The first-order valence-electron chi connectivity index (χ1n) is 9.20. The molecule has 1 radical (unpaired) electrons. The van der Waals surface area contributed by atoms with E-state index in [1.54, 1.807) is 36.4 Å². The fourth-order valence-electron chi connectivity index (χ4n) is 3.05. The standard InChI is InChI=1S/C23H19Cl2NO4.Pr/c24-19-14-20(25)22(28)26(12-11-15-7-9-17(10-8-15)23(29)30)21(19)6-2-4-16-3-1-5-18(27)13-16;/h1-3,5-10,13-14,27H,4,11-12H2,(H,29,30);/b6-2+;. The number of halogens is 2. The number of hydrogen-bond donors (Lipinski definition) is 2. The molecule has 0 fully saturated rings. The normalized spacial score (nSPS) is 10.8. The van der Waals surface area contributed by atoms with Gasteiger partial charge in [-0.2, -0.15) is 0 Å². The molecule has 0 saturated carbocycles. The third-order valence-corrected chi connectivity index (χ3v) is 5.18. The Bertz CT molecular complexity index is 1160. The van der Waals surface area contributed by atoms with Crippen LogP contribution in [-0.2, 0) is 19.4 Å². The summed E-state index contributed by atoms with van der Waals surface area (Å²) < 4.78 is 1.51. The van der Waals surface area contributed by atoms with Crippen molar-refractivity contribution in [3.05, 3.63) is 103 Å². The number of aryl methyl sites for hydroxylation is 1. The number of hydrogen-bond acceptors (Lipinski definition) is 3. The minimum atomic E-state index is -0.987. The maximum Gasteiger partial charge on any atom is 0.335 e. The Kier molecular flexibility index (Phi) is 9.76.